The van der Waals surface area contributed by atoms with Crippen LogP contribution in [0, 0.1) is 0 Å². The second-order valence-electron chi connectivity index (χ2n) is 5.98. The standard InChI is InChI=1S/C17H14F3N5O3/c1-27-16-12-9-2-3-21-13-10(15(26)22-4-5-28-17(18,19)20)6-25(14(9)13)7-11(12)23-8-24-16/h2-3,6,8H,4-5,7H2,1H3,(H,22,26). The summed E-state index contributed by atoms with van der Waals surface area (Å²) in [6.45, 7) is -0.580. The van der Waals surface area contributed by atoms with E-state index in [1.54, 1.807) is 18.5 Å². The van der Waals surface area contributed by atoms with Gasteiger partial charge < -0.3 is 14.6 Å². The molecule has 4 rings (SSSR count). The van der Waals surface area contributed by atoms with Crippen molar-refractivity contribution >= 4 is 16.9 Å². The zero-order chi connectivity index (χ0) is 19.9. The highest BCUT2D eigenvalue weighted by atomic mass is 19.4. The number of carbonyl (C=O) groups excluding carboxylic acids is 1. The van der Waals surface area contributed by atoms with Gasteiger partial charge in [-0.25, -0.2) is 9.97 Å². The van der Waals surface area contributed by atoms with Crippen LogP contribution in [0.15, 0.2) is 24.8 Å². The summed E-state index contributed by atoms with van der Waals surface area (Å²) < 4.78 is 46.9. The van der Waals surface area contributed by atoms with Crippen LogP contribution in [-0.4, -0.2) is 52.1 Å². The van der Waals surface area contributed by atoms with Gasteiger partial charge in [0.2, 0.25) is 5.88 Å². The average molecular weight is 393 g/mol. The number of nitrogens with zero attached hydrogens (tertiary/aromatic N) is 4. The predicted octanol–water partition coefficient (Wildman–Crippen LogP) is 2.13. The summed E-state index contributed by atoms with van der Waals surface area (Å²) >= 11 is 0. The summed E-state index contributed by atoms with van der Waals surface area (Å²) in [5, 5.41) is 2.41. The van der Waals surface area contributed by atoms with Gasteiger partial charge in [-0.3, -0.25) is 14.5 Å². The van der Waals surface area contributed by atoms with Crippen LogP contribution < -0.4 is 10.1 Å². The van der Waals surface area contributed by atoms with Crippen molar-refractivity contribution in [2.24, 2.45) is 0 Å². The lowest BCUT2D eigenvalue weighted by Crippen LogP contribution is -2.29. The Kier molecular flexibility index (Phi) is 4.38. The third-order valence-corrected chi connectivity index (χ3v) is 4.32. The van der Waals surface area contributed by atoms with Gasteiger partial charge in [-0.15, -0.1) is 13.2 Å². The molecule has 0 saturated carbocycles. The van der Waals surface area contributed by atoms with Crippen LogP contribution in [0.2, 0.25) is 0 Å². The van der Waals surface area contributed by atoms with Crippen molar-refractivity contribution in [3.05, 3.63) is 36.0 Å². The first kappa shape index (κ1) is 18.2. The maximum Gasteiger partial charge on any atom is 0.522 e. The topological polar surface area (TPSA) is 91.2 Å². The first-order valence-corrected chi connectivity index (χ1v) is 8.24. The Morgan fingerprint density at radius 3 is 2.89 bits per heavy atom. The van der Waals surface area contributed by atoms with Crippen LogP contribution in [0.5, 0.6) is 5.88 Å². The van der Waals surface area contributed by atoms with Crippen LogP contribution in [-0.2, 0) is 11.3 Å². The molecule has 0 spiro atoms. The largest absolute Gasteiger partial charge is 0.522 e. The number of nitrogens with one attached hydrogen (secondary N) is 1. The zero-order valence-corrected chi connectivity index (χ0v) is 14.6. The van der Waals surface area contributed by atoms with Gasteiger partial charge in [-0.2, -0.15) is 0 Å². The smallest absolute Gasteiger partial charge is 0.480 e. The Morgan fingerprint density at radius 1 is 1.32 bits per heavy atom. The van der Waals surface area contributed by atoms with E-state index in [-0.39, 0.29) is 12.1 Å². The molecule has 0 aromatic carbocycles. The summed E-state index contributed by atoms with van der Waals surface area (Å²) in [6, 6.07) is 1.78. The third-order valence-electron chi connectivity index (χ3n) is 4.32. The molecular weight excluding hydrogens is 379 g/mol. The van der Waals surface area contributed by atoms with Gasteiger partial charge in [0.15, 0.2) is 0 Å². The molecule has 0 bridgehead atoms. The highest BCUT2D eigenvalue weighted by Gasteiger charge is 2.29. The van der Waals surface area contributed by atoms with Gasteiger partial charge in [0.05, 0.1) is 42.6 Å². The molecule has 0 fully saturated rings. The number of ether oxygens (including phenoxy) is 2. The molecule has 3 aromatic heterocycles. The molecule has 1 aliphatic rings. The van der Waals surface area contributed by atoms with Crippen molar-refractivity contribution in [2.45, 2.75) is 12.9 Å². The quantitative estimate of drug-likeness (QED) is 0.523. The van der Waals surface area contributed by atoms with Crippen LogP contribution in [0.3, 0.4) is 0 Å². The van der Waals surface area contributed by atoms with Crippen molar-refractivity contribution in [1.82, 2.24) is 24.8 Å². The molecule has 8 nitrogen and oxygen atoms in total. The summed E-state index contributed by atoms with van der Waals surface area (Å²) in [4.78, 5) is 25.2. The minimum atomic E-state index is -4.73. The summed E-state index contributed by atoms with van der Waals surface area (Å²) in [6.07, 6.45) is -0.174. The summed E-state index contributed by atoms with van der Waals surface area (Å²) in [5.41, 5.74) is 3.62. The lowest BCUT2D eigenvalue weighted by atomic mass is 10.0. The van der Waals surface area contributed by atoms with Gasteiger partial charge in [-0.1, -0.05) is 0 Å². The zero-order valence-electron chi connectivity index (χ0n) is 14.6. The van der Waals surface area contributed by atoms with E-state index >= 15 is 0 Å². The fourth-order valence-electron chi connectivity index (χ4n) is 3.25. The predicted molar refractivity (Wildman–Crippen MR) is 90.8 cm³/mol. The van der Waals surface area contributed by atoms with E-state index in [9.17, 15) is 18.0 Å². The van der Waals surface area contributed by atoms with Crippen LogP contribution in [0.1, 0.15) is 16.1 Å². The highest BCUT2D eigenvalue weighted by molar-refractivity contribution is 6.09. The fraction of sp³-hybridized carbons (Fsp3) is 0.294. The molecule has 3 aromatic rings. The molecular formula is C17H14F3N5O3. The molecule has 0 aliphatic carbocycles. The summed E-state index contributed by atoms with van der Waals surface area (Å²) in [5.74, 6) is -0.122. The average Bonchev–Trinajstić information content (AvgIpc) is 3.04. The highest BCUT2D eigenvalue weighted by Crippen LogP contribution is 2.40. The molecule has 0 saturated heterocycles. The van der Waals surface area contributed by atoms with Crippen LogP contribution in [0.4, 0.5) is 13.2 Å². The van der Waals surface area contributed by atoms with E-state index in [4.69, 9.17) is 4.74 Å². The number of fused-ring (bicyclic) bond motifs is 2. The number of rotatable bonds is 5. The third kappa shape index (κ3) is 3.13. The van der Waals surface area contributed by atoms with Gasteiger partial charge >= 0.3 is 6.36 Å². The van der Waals surface area contributed by atoms with Crippen molar-refractivity contribution in [1.29, 1.82) is 0 Å². The number of methoxy groups -OCH3 is 1. The first-order valence-electron chi connectivity index (χ1n) is 8.24. The number of aromatic nitrogens is 4. The summed E-state index contributed by atoms with van der Waals surface area (Å²) in [7, 11) is 1.51. The Balaban J connectivity index is 1.67. The number of pyridine rings is 1. The monoisotopic (exact) mass is 393 g/mol. The van der Waals surface area contributed by atoms with E-state index in [1.807, 2.05) is 4.57 Å². The Labute approximate surface area is 156 Å². The van der Waals surface area contributed by atoms with E-state index in [0.29, 0.717) is 23.5 Å². The second-order valence-corrected chi connectivity index (χ2v) is 5.98. The van der Waals surface area contributed by atoms with Gasteiger partial charge in [0.1, 0.15) is 11.8 Å². The van der Waals surface area contributed by atoms with Crippen molar-refractivity contribution in [3.63, 3.8) is 0 Å². The van der Waals surface area contributed by atoms with E-state index in [0.717, 1.165) is 16.8 Å². The Hall–Kier alpha value is -3.21. The fourth-order valence-corrected chi connectivity index (χ4v) is 3.25. The second kappa shape index (κ2) is 6.75. The van der Waals surface area contributed by atoms with Crippen LogP contribution in [0.25, 0.3) is 22.2 Å². The van der Waals surface area contributed by atoms with E-state index < -0.39 is 18.9 Å². The molecule has 1 aliphatic heterocycles. The lowest BCUT2D eigenvalue weighted by molar-refractivity contribution is -0.323. The molecule has 0 radical (unpaired) electrons. The number of carbonyl (C=O) groups is 1. The number of hydrogen-bond donors (Lipinski definition) is 1. The van der Waals surface area contributed by atoms with Gasteiger partial charge in [-0.05, 0) is 6.07 Å². The van der Waals surface area contributed by atoms with Crippen LogP contribution >= 0.6 is 0 Å². The van der Waals surface area contributed by atoms with E-state index in [2.05, 4.69) is 25.0 Å². The first-order chi connectivity index (χ1) is 13.4. The van der Waals surface area contributed by atoms with Gasteiger partial charge in [0.25, 0.3) is 5.91 Å². The molecule has 11 heteroatoms. The minimum Gasteiger partial charge on any atom is -0.480 e. The number of halogens is 3. The lowest BCUT2D eigenvalue weighted by Gasteiger charge is -2.19. The number of amides is 1. The molecule has 0 atom stereocenters. The molecule has 28 heavy (non-hydrogen) atoms. The van der Waals surface area contributed by atoms with E-state index in [1.165, 1.54) is 13.4 Å². The number of hydrogen-bond acceptors (Lipinski definition) is 6. The van der Waals surface area contributed by atoms with Crippen molar-refractivity contribution in [2.75, 3.05) is 20.3 Å². The number of alkyl halides is 3. The Morgan fingerprint density at radius 2 is 2.14 bits per heavy atom. The molecule has 146 valence electrons. The Bertz CT molecular complexity index is 1060. The van der Waals surface area contributed by atoms with Crippen molar-refractivity contribution in [3.8, 4) is 17.0 Å². The van der Waals surface area contributed by atoms with Crippen molar-refractivity contribution < 1.29 is 27.4 Å². The van der Waals surface area contributed by atoms with Gasteiger partial charge in [0, 0.05) is 24.5 Å². The molecule has 1 amide bonds. The minimum absolute atomic E-state index is 0.253. The molecule has 0 unspecified atom stereocenters. The SMILES string of the molecule is COc1ncnc2c1-c1ccnc3c(C(=O)NCCOC(F)(F)F)cn(c13)C2. The molecule has 4 heterocycles. The molecule has 1 N–H and O–H groups in total. The normalized spacial score (nSPS) is 12.7. The maximum atomic E-state index is 12.5. The maximum absolute atomic E-state index is 12.5.